The van der Waals surface area contributed by atoms with Gasteiger partial charge in [-0.3, -0.25) is 9.59 Å². The molecule has 2 heterocycles. The zero-order valence-electron chi connectivity index (χ0n) is 13.0. The Kier molecular flexibility index (Phi) is 4.57. The molecule has 122 valence electrons. The Morgan fingerprint density at radius 1 is 1.42 bits per heavy atom. The Labute approximate surface area is 139 Å². The summed E-state index contributed by atoms with van der Waals surface area (Å²) < 4.78 is 0. The van der Waals surface area contributed by atoms with Gasteiger partial charge in [0.1, 0.15) is 0 Å². The summed E-state index contributed by atoms with van der Waals surface area (Å²) in [6.45, 7) is 0.851. The average molecular weight is 323 g/mol. The van der Waals surface area contributed by atoms with Crippen LogP contribution in [-0.2, 0) is 16.0 Å². The zero-order chi connectivity index (χ0) is 16.9. The van der Waals surface area contributed by atoms with Gasteiger partial charge < -0.3 is 15.2 Å². The first kappa shape index (κ1) is 15.7. The van der Waals surface area contributed by atoms with Crippen molar-refractivity contribution in [3.05, 3.63) is 48.0 Å². The highest BCUT2D eigenvalue weighted by Crippen LogP contribution is 2.25. The Balaban J connectivity index is 1.55. The van der Waals surface area contributed by atoms with Crippen LogP contribution in [0.5, 0.6) is 0 Å². The van der Waals surface area contributed by atoms with Gasteiger partial charge >= 0.3 is 0 Å². The van der Waals surface area contributed by atoms with Crippen LogP contribution < -0.4 is 10.2 Å². The smallest absolute Gasteiger partial charge is 0.227 e. The second kappa shape index (κ2) is 6.96. The maximum absolute atomic E-state index is 12.2. The van der Waals surface area contributed by atoms with Crippen molar-refractivity contribution in [2.45, 2.75) is 12.8 Å². The van der Waals surface area contributed by atoms with E-state index in [1.807, 2.05) is 6.07 Å². The van der Waals surface area contributed by atoms with Crippen LogP contribution in [0.1, 0.15) is 17.7 Å². The molecular formula is C17H17N5O2. The number of imidazole rings is 1. The molecule has 0 radical (unpaired) electrons. The van der Waals surface area contributed by atoms with E-state index in [2.05, 4.69) is 15.3 Å². The number of hydrogen-bond acceptors (Lipinski definition) is 4. The molecule has 1 unspecified atom stereocenters. The highest BCUT2D eigenvalue weighted by atomic mass is 16.2. The molecule has 1 aromatic heterocycles. The van der Waals surface area contributed by atoms with Crippen molar-refractivity contribution >= 4 is 17.5 Å². The number of benzene rings is 1. The molecule has 1 atom stereocenters. The zero-order valence-corrected chi connectivity index (χ0v) is 13.0. The molecule has 3 rings (SSSR count). The number of nitriles is 1. The third kappa shape index (κ3) is 3.43. The summed E-state index contributed by atoms with van der Waals surface area (Å²) in [6.07, 6.45) is 4.24. The highest BCUT2D eigenvalue weighted by molar-refractivity contribution is 6.00. The van der Waals surface area contributed by atoms with Gasteiger partial charge in [0, 0.05) is 37.8 Å². The Bertz CT molecular complexity index is 761. The standard InChI is InChI=1S/C17H17N5O2/c18-8-12-1-3-15(4-2-12)22-10-13(7-16(22)23)17(24)20-6-5-14-9-19-11-21-14/h1-4,9,11,13H,5-7,10H2,(H,19,21)(H,20,24). The van der Waals surface area contributed by atoms with Crippen molar-refractivity contribution in [3.8, 4) is 6.07 Å². The molecule has 0 spiro atoms. The lowest BCUT2D eigenvalue weighted by molar-refractivity contribution is -0.126. The number of anilines is 1. The molecule has 24 heavy (non-hydrogen) atoms. The van der Waals surface area contributed by atoms with Gasteiger partial charge in [-0.05, 0) is 24.3 Å². The number of rotatable bonds is 5. The first-order valence-electron chi connectivity index (χ1n) is 7.73. The summed E-state index contributed by atoms with van der Waals surface area (Å²) in [5.41, 5.74) is 2.14. The number of nitrogens with one attached hydrogen (secondary N) is 2. The van der Waals surface area contributed by atoms with Crippen LogP contribution in [0.15, 0.2) is 36.8 Å². The number of nitrogens with zero attached hydrogens (tertiary/aromatic N) is 3. The summed E-state index contributed by atoms with van der Waals surface area (Å²) in [5.74, 6) is -0.547. The SMILES string of the molecule is N#Cc1ccc(N2CC(C(=O)NCCc3c[nH]cn3)CC2=O)cc1. The lowest BCUT2D eigenvalue weighted by atomic mass is 10.1. The van der Waals surface area contributed by atoms with Gasteiger partial charge in [0.15, 0.2) is 0 Å². The minimum Gasteiger partial charge on any atom is -0.355 e. The molecule has 7 heteroatoms. The third-order valence-corrected chi connectivity index (χ3v) is 4.04. The molecule has 1 aliphatic heterocycles. The van der Waals surface area contributed by atoms with Crippen LogP contribution in [0.4, 0.5) is 5.69 Å². The second-order valence-electron chi connectivity index (χ2n) is 5.67. The summed E-state index contributed by atoms with van der Waals surface area (Å²) >= 11 is 0. The Morgan fingerprint density at radius 2 is 2.21 bits per heavy atom. The van der Waals surface area contributed by atoms with Crippen molar-refractivity contribution < 1.29 is 9.59 Å². The predicted molar refractivity (Wildman–Crippen MR) is 86.9 cm³/mol. The van der Waals surface area contributed by atoms with Crippen molar-refractivity contribution in [1.82, 2.24) is 15.3 Å². The predicted octanol–water partition coefficient (Wildman–Crippen LogP) is 0.993. The van der Waals surface area contributed by atoms with E-state index in [1.54, 1.807) is 41.7 Å². The summed E-state index contributed by atoms with van der Waals surface area (Å²) in [7, 11) is 0. The molecule has 1 fully saturated rings. The topological polar surface area (TPSA) is 102 Å². The summed E-state index contributed by atoms with van der Waals surface area (Å²) in [5, 5.41) is 11.7. The molecule has 1 aromatic carbocycles. The maximum Gasteiger partial charge on any atom is 0.227 e. The molecule has 2 amide bonds. The molecule has 1 aliphatic rings. The number of carbonyl (C=O) groups is 2. The lowest BCUT2D eigenvalue weighted by Gasteiger charge is -2.16. The van der Waals surface area contributed by atoms with Crippen LogP contribution >= 0.6 is 0 Å². The Morgan fingerprint density at radius 3 is 2.88 bits per heavy atom. The number of aromatic nitrogens is 2. The van der Waals surface area contributed by atoms with E-state index in [0.29, 0.717) is 30.8 Å². The number of carbonyl (C=O) groups excluding carboxylic acids is 2. The van der Waals surface area contributed by atoms with Crippen LogP contribution in [0.3, 0.4) is 0 Å². The normalized spacial score (nSPS) is 16.9. The molecular weight excluding hydrogens is 306 g/mol. The molecule has 1 saturated heterocycles. The van der Waals surface area contributed by atoms with E-state index in [1.165, 1.54) is 0 Å². The molecule has 2 N–H and O–H groups in total. The van der Waals surface area contributed by atoms with E-state index >= 15 is 0 Å². The van der Waals surface area contributed by atoms with Crippen LogP contribution in [0.2, 0.25) is 0 Å². The van der Waals surface area contributed by atoms with Crippen molar-refractivity contribution in [2.24, 2.45) is 5.92 Å². The first-order chi connectivity index (χ1) is 11.7. The van der Waals surface area contributed by atoms with Crippen molar-refractivity contribution in [3.63, 3.8) is 0 Å². The highest BCUT2D eigenvalue weighted by Gasteiger charge is 2.34. The second-order valence-corrected chi connectivity index (χ2v) is 5.67. The fourth-order valence-corrected chi connectivity index (χ4v) is 2.73. The quantitative estimate of drug-likeness (QED) is 0.856. The van der Waals surface area contributed by atoms with Gasteiger partial charge in [0.2, 0.25) is 11.8 Å². The molecule has 0 aliphatic carbocycles. The number of amides is 2. The average Bonchev–Trinajstić information content (AvgIpc) is 3.24. The van der Waals surface area contributed by atoms with E-state index in [4.69, 9.17) is 5.26 Å². The fraction of sp³-hybridized carbons (Fsp3) is 0.294. The van der Waals surface area contributed by atoms with Crippen LogP contribution in [-0.4, -0.2) is 34.9 Å². The van der Waals surface area contributed by atoms with Gasteiger partial charge in [-0.15, -0.1) is 0 Å². The minimum absolute atomic E-state index is 0.0767. The number of H-pyrrole nitrogens is 1. The van der Waals surface area contributed by atoms with Crippen LogP contribution in [0.25, 0.3) is 0 Å². The number of aromatic amines is 1. The third-order valence-electron chi connectivity index (χ3n) is 4.04. The number of hydrogen-bond donors (Lipinski definition) is 2. The Hall–Kier alpha value is -3.14. The first-order valence-corrected chi connectivity index (χ1v) is 7.73. The maximum atomic E-state index is 12.2. The van der Waals surface area contributed by atoms with Gasteiger partial charge in [-0.1, -0.05) is 0 Å². The molecule has 0 saturated carbocycles. The van der Waals surface area contributed by atoms with Gasteiger partial charge in [0.05, 0.1) is 29.6 Å². The molecule has 2 aromatic rings. The monoisotopic (exact) mass is 323 g/mol. The largest absolute Gasteiger partial charge is 0.355 e. The van der Waals surface area contributed by atoms with Gasteiger partial charge in [-0.2, -0.15) is 5.26 Å². The minimum atomic E-state index is -0.354. The summed E-state index contributed by atoms with van der Waals surface area (Å²) in [6, 6.07) is 8.84. The van der Waals surface area contributed by atoms with E-state index in [0.717, 1.165) is 5.69 Å². The van der Waals surface area contributed by atoms with E-state index in [-0.39, 0.29) is 24.2 Å². The van der Waals surface area contributed by atoms with Crippen molar-refractivity contribution in [1.29, 1.82) is 5.26 Å². The van der Waals surface area contributed by atoms with Gasteiger partial charge in [-0.25, -0.2) is 4.98 Å². The van der Waals surface area contributed by atoms with E-state index in [9.17, 15) is 9.59 Å². The van der Waals surface area contributed by atoms with Crippen molar-refractivity contribution in [2.75, 3.05) is 18.0 Å². The molecule has 0 bridgehead atoms. The summed E-state index contributed by atoms with van der Waals surface area (Å²) in [4.78, 5) is 33.0. The lowest BCUT2D eigenvalue weighted by Crippen LogP contribution is -2.34. The van der Waals surface area contributed by atoms with E-state index < -0.39 is 0 Å². The molecule has 7 nitrogen and oxygen atoms in total. The van der Waals surface area contributed by atoms with Gasteiger partial charge in [0.25, 0.3) is 0 Å². The van der Waals surface area contributed by atoms with Crippen LogP contribution in [0, 0.1) is 17.2 Å². The fourth-order valence-electron chi connectivity index (χ4n) is 2.73.